The standard InChI is InChI=1S/C22H19N3O3S/c1-15-5-4-6-16(13-15)14-23-22(26)17-9-11-18(12-10-17)24-21-19-7-2-3-8-20(19)29(27,28)25-21/h2-13H,14H2,1H3,(H,23,26)(H,24,25). The summed E-state index contributed by atoms with van der Waals surface area (Å²) in [6.07, 6.45) is 0. The second-order valence-corrected chi connectivity index (χ2v) is 8.36. The van der Waals surface area contributed by atoms with E-state index in [4.69, 9.17) is 0 Å². The van der Waals surface area contributed by atoms with Crippen molar-refractivity contribution in [3.63, 3.8) is 0 Å². The van der Waals surface area contributed by atoms with Crippen LogP contribution in [-0.2, 0) is 16.6 Å². The average molecular weight is 405 g/mol. The molecule has 0 unspecified atom stereocenters. The van der Waals surface area contributed by atoms with Crippen LogP contribution in [0.4, 0.5) is 5.69 Å². The van der Waals surface area contributed by atoms with Crippen LogP contribution in [0.1, 0.15) is 27.0 Å². The summed E-state index contributed by atoms with van der Waals surface area (Å²) in [7, 11) is -3.67. The number of benzene rings is 3. The van der Waals surface area contributed by atoms with Crippen LogP contribution >= 0.6 is 0 Å². The number of hydrogen-bond acceptors (Lipinski definition) is 4. The van der Waals surface area contributed by atoms with Crippen LogP contribution in [0, 0.1) is 6.92 Å². The minimum Gasteiger partial charge on any atom is -0.348 e. The molecule has 0 aromatic heterocycles. The second kappa shape index (κ2) is 7.52. The van der Waals surface area contributed by atoms with Crippen molar-refractivity contribution in [2.75, 3.05) is 5.32 Å². The first-order valence-electron chi connectivity index (χ1n) is 9.07. The zero-order valence-corrected chi connectivity index (χ0v) is 16.5. The van der Waals surface area contributed by atoms with Crippen LogP contribution in [0.5, 0.6) is 0 Å². The van der Waals surface area contributed by atoms with Crippen molar-refractivity contribution in [3.8, 4) is 0 Å². The summed E-state index contributed by atoms with van der Waals surface area (Å²) in [5, 5.41) is 5.92. The summed E-state index contributed by atoms with van der Waals surface area (Å²) in [5.74, 6) is 0.0986. The Balaban J connectivity index is 1.44. The molecule has 0 atom stereocenters. The number of nitrogens with one attached hydrogen (secondary N) is 2. The van der Waals surface area contributed by atoms with Crippen molar-refractivity contribution in [1.29, 1.82) is 0 Å². The van der Waals surface area contributed by atoms with E-state index in [0.29, 0.717) is 23.4 Å². The van der Waals surface area contributed by atoms with E-state index in [9.17, 15) is 13.2 Å². The molecule has 1 heterocycles. The van der Waals surface area contributed by atoms with Gasteiger partial charge in [0.2, 0.25) is 0 Å². The maximum absolute atomic E-state index is 12.4. The summed E-state index contributed by atoms with van der Waals surface area (Å²) >= 11 is 0. The minimum atomic E-state index is -3.67. The van der Waals surface area contributed by atoms with Gasteiger partial charge in [0, 0.05) is 23.4 Å². The molecule has 29 heavy (non-hydrogen) atoms. The van der Waals surface area contributed by atoms with Gasteiger partial charge < -0.3 is 10.6 Å². The van der Waals surface area contributed by atoms with Crippen LogP contribution in [0.25, 0.3) is 0 Å². The lowest BCUT2D eigenvalue weighted by molar-refractivity contribution is 0.0951. The van der Waals surface area contributed by atoms with Gasteiger partial charge in [0.25, 0.3) is 15.9 Å². The first-order chi connectivity index (χ1) is 13.9. The Bertz CT molecular complexity index is 1220. The molecule has 7 heteroatoms. The van der Waals surface area contributed by atoms with E-state index in [1.165, 1.54) is 6.07 Å². The van der Waals surface area contributed by atoms with Crippen molar-refractivity contribution < 1.29 is 13.2 Å². The molecule has 1 amide bonds. The van der Waals surface area contributed by atoms with Crippen LogP contribution in [0.3, 0.4) is 0 Å². The van der Waals surface area contributed by atoms with E-state index in [1.807, 2.05) is 31.2 Å². The van der Waals surface area contributed by atoms with Gasteiger partial charge in [-0.1, -0.05) is 42.0 Å². The van der Waals surface area contributed by atoms with E-state index in [2.05, 4.69) is 15.0 Å². The summed E-state index contributed by atoms with van der Waals surface area (Å²) in [6, 6.07) is 21.4. The molecular weight excluding hydrogens is 386 g/mol. The van der Waals surface area contributed by atoms with Crippen molar-refractivity contribution in [3.05, 3.63) is 95.1 Å². The van der Waals surface area contributed by atoms with Crippen LogP contribution in [0.15, 0.2) is 82.1 Å². The highest BCUT2D eigenvalue weighted by atomic mass is 32.2. The normalized spacial score (nSPS) is 14.0. The van der Waals surface area contributed by atoms with Gasteiger partial charge in [0.15, 0.2) is 5.84 Å². The molecule has 2 N–H and O–H groups in total. The summed E-state index contributed by atoms with van der Waals surface area (Å²) in [4.78, 5) is 12.6. The topological polar surface area (TPSA) is 87.6 Å². The quantitative estimate of drug-likeness (QED) is 0.696. The number of amides is 1. The third-order valence-electron chi connectivity index (χ3n) is 4.58. The Hall–Kier alpha value is -3.45. The predicted molar refractivity (Wildman–Crippen MR) is 113 cm³/mol. The van der Waals surface area contributed by atoms with Gasteiger partial charge in [-0.05, 0) is 48.9 Å². The molecular formula is C22H19N3O3S. The summed E-state index contributed by atoms with van der Waals surface area (Å²) < 4.78 is 28.1. The van der Waals surface area contributed by atoms with E-state index in [1.54, 1.807) is 42.5 Å². The SMILES string of the molecule is Cc1cccc(CNC(=O)c2ccc(NC3=NS(=O)(=O)c4ccccc43)cc2)c1. The third kappa shape index (κ3) is 4.05. The monoisotopic (exact) mass is 405 g/mol. The molecule has 3 aromatic carbocycles. The molecule has 0 aliphatic carbocycles. The van der Waals surface area contributed by atoms with E-state index >= 15 is 0 Å². The molecule has 1 aliphatic heterocycles. The highest BCUT2D eigenvalue weighted by molar-refractivity contribution is 7.90. The molecule has 0 saturated carbocycles. The number of sulfonamides is 1. The number of amidine groups is 1. The van der Waals surface area contributed by atoms with Crippen LogP contribution in [0.2, 0.25) is 0 Å². The van der Waals surface area contributed by atoms with E-state index < -0.39 is 10.0 Å². The first-order valence-corrected chi connectivity index (χ1v) is 10.5. The zero-order chi connectivity index (χ0) is 20.4. The number of hydrogen-bond donors (Lipinski definition) is 2. The van der Waals surface area contributed by atoms with Gasteiger partial charge in [-0.3, -0.25) is 4.79 Å². The van der Waals surface area contributed by atoms with Crippen LogP contribution < -0.4 is 10.6 Å². The maximum Gasteiger partial charge on any atom is 0.285 e. The molecule has 1 aliphatic rings. The molecule has 0 spiro atoms. The molecule has 0 bridgehead atoms. The van der Waals surface area contributed by atoms with Gasteiger partial charge in [0.1, 0.15) is 4.90 Å². The first kappa shape index (κ1) is 18.9. The van der Waals surface area contributed by atoms with Crippen LogP contribution in [-0.4, -0.2) is 20.2 Å². The molecule has 4 rings (SSSR count). The largest absolute Gasteiger partial charge is 0.348 e. The molecule has 0 saturated heterocycles. The predicted octanol–water partition coefficient (Wildman–Crippen LogP) is 3.49. The lowest BCUT2D eigenvalue weighted by Gasteiger charge is -2.09. The highest BCUT2D eigenvalue weighted by Crippen LogP contribution is 2.26. The molecule has 0 radical (unpaired) electrons. The van der Waals surface area contributed by atoms with Gasteiger partial charge in [-0.25, -0.2) is 0 Å². The number of fused-ring (bicyclic) bond motifs is 1. The number of anilines is 1. The van der Waals surface area contributed by atoms with Crippen molar-refractivity contribution in [2.24, 2.45) is 4.40 Å². The Morgan fingerprint density at radius 1 is 0.966 bits per heavy atom. The second-order valence-electron chi connectivity index (χ2n) is 6.79. The number of rotatable bonds is 4. The fraction of sp³-hybridized carbons (Fsp3) is 0.0909. The molecule has 3 aromatic rings. The molecule has 6 nitrogen and oxygen atoms in total. The van der Waals surface area contributed by atoms with Crippen molar-refractivity contribution in [2.45, 2.75) is 18.4 Å². The average Bonchev–Trinajstić information content (AvgIpc) is 2.97. The van der Waals surface area contributed by atoms with E-state index in [0.717, 1.165) is 11.1 Å². The van der Waals surface area contributed by atoms with Gasteiger partial charge in [0.05, 0.1) is 0 Å². The van der Waals surface area contributed by atoms with E-state index in [-0.39, 0.29) is 16.6 Å². The summed E-state index contributed by atoms with van der Waals surface area (Å²) in [6.45, 7) is 2.46. The Morgan fingerprint density at radius 2 is 1.72 bits per heavy atom. The lowest BCUT2D eigenvalue weighted by atomic mass is 10.1. The number of carbonyl (C=O) groups excluding carboxylic acids is 1. The zero-order valence-electron chi connectivity index (χ0n) is 15.7. The Kier molecular flexibility index (Phi) is 4.90. The maximum atomic E-state index is 12.4. The minimum absolute atomic E-state index is 0.177. The van der Waals surface area contributed by atoms with Crippen molar-refractivity contribution in [1.82, 2.24) is 5.32 Å². The third-order valence-corrected chi connectivity index (χ3v) is 5.91. The number of carbonyl (C=O) groups is 1. The smallest absolute Gasteiger partial charge is 0.285 e. The Labute approximate surface area is 169 Å². The summed E-state index contributed by atoms with van der Waals surface area (Å²) in [5.41, 5.74) is 3.88. The van der Waals surface area contributed by atoms with Gasteiger partial charge in [-0.15, -0.1) is 4.40 Å². The van der Waals surface area contributed by atoms with Crippen molar-refractivity contribution >= 4 is 27.5 Å². The van der Waals surface area contributed by atoms with Gasteiger partial charge in [-0.2, -0.15) is 8.42 Å². The molecule has 146 valence electrons. The molecule has 0 fully saturated rings. The fourth-order valence-corrected chi connectivity index (χ4v) is 4.32. The lowest BCUT2D eigenvalue weighted by Crippen LogP contribution is -2.22. The van der Waals surface area contributed by atoms with Gasteiger partial charge >= 0.3 is 0 Å². The fourth-order valence-electron chi connectivity index (χ4n) is 3.14. The highest BCUT2D eigenvalue weighted by Gasteiger charge is 2.28. The Morgan fingerprint density at radius 3 is 2.48 bits per heavy atom. The number of aryl methyl sites for hydroxylation is 1. The number of nitrogens with zero attached hydrogens (tertiary/aromatic N) is 1.